The van der Waals surface area contributed by atoms with Crippen molar-refractivity contribution in [1.29, 1.82) is 0 Å². The highest BCUT2D eigenvalue weighted by molar-refractivity contribution is 5.39. The van der Waals surface area contributed by atoms with Crippen LogP contribution in [0.25, 0.3) is 0 Å². The van der Waals surface area contributed by atoms with E-state index in [1.54, 1.807) is 0 Å². The summed E-state index contributed by atoms with van der Waals surface area (Å²) in [5.74, 6) is 5.59. The van der Waals surface area contributed by atoms with Gasteiger partial charge in [-0.15, -0.1) is 0 Å². The second kappa shape index (κ2) is 4.75. The quantitative estimate of drug-likeness (QED) is 0.450. The Morgan fingerprint density at radius 2 is 1.60 bits per heavy atom. The van der Waals surface area contributed by atoms with Crippen LogP contribution in [0.15, 0.2) is 12.1 Å². The van der Waals surface area contributed by atoms with Gasteiger partial charge in [0.15, 0.2) is 0 Å². The van der Waals surface area contributed by atoms with Gasteiger partial charge in [-0.25, -0.2) is 5.43 Å². The molecule has 15 heavy (non-hydrogen) atoms. The van der Waals surface area contributed by atoms with E-state index in [-0.39, 0.29) is 6.17 Å². The zero-order valence-corrected chi connectivity index (χ0v) is 10.3. The molecule has 84 valence electrons. The molecular weight excluding hydrogens is 186 g/mol. The Morgan fingerprint density at radius 1 is 1.13 bits per heavy atom. The van der Waals surface area contributed by atoms with Crippen LogP contribution in [0, 0.1) is 20.8 Å². The van der Waals surface area contributed by atoms with E-state index in [1.165, 1.54) is 22.3 Å². The summed E-state index contributed by atoms with van der Waals surface area (Å²) in [5.41, 5.74) is 7.97. The standard InChI is InChI=1S/C12H21N3/c1-8-6-9(2)11(10(3)7-8)12(14-13)15(4)5/h6-7,12,14H,13H2,1-5H3. The molecule has 1 atom stereocenters. The minimum absolute atomic E-state index is 0.0746. The van der Waals surface area contributed by atoms with Crippen molar-refractivity contribution in [3.05, 3.63) is 34.4 Å². The molecule has 0 saturated carbocycles. The van der Waals surface area contributed by atoms with E-state index < -0.39 is 0 Å². The van der Waals surface area contributed by atoms with Crippen LogP contribution in [0.5, 0.6) is 0 Å². The van der Waals surface area contributed by atoms with Crippen molar-refractivity contribution in [1.82, 2.24) is 10.3 Å². The zero-order valence-electron chi connectivity index (χ0n) is 10.3. The lowest BCUT2D eigenvalue weighted by Gasteiger charge is -2.27. The van der Waals surface area contributed by atoms with Crippen molar-refractivity contribution < 1.29 is 0 Å². The lowest BCUT2D eigenvalue weighted by molar-refractivity contribution is 0.251. The van der Waals surface area contributed by atoms with E-state index in [0.717, 1.165) is 0 Å². The van der Waals surface area contributed by atoms with Gasteiger partial charge in [0, 0.05) is 0 Å². The van der Waals surface area contributed by atoms with Crippen molar-refractivity contribution >= 4 is 0 Å². The number of benzene rings is 1. The van der Waals surface area contributed by atoms with E-state index in [4.69, 9.17) is 5.84 Å². The van der Waals surface area contributed by atoms with Gasteiger partial charge < -0.3 is 0 Å². The summed E-state index contributed by atoms with van der Waals surface area (Å²) < 4.78 is 0. The minimum Gasteiger partial charge on any atom is -0.289 e. The van der Waals surface area contributed by atoms with Gasteiger partial charge in [0.1, 0.15) is 0 Å². The lowest BCUT2D eigenvalue weighted by Crippen LogP contribution is -2.38. The summed E-state index contributed by atoms with van der Waals surface area (Å²) in [4.78, 5) is 2.07. The molecule has 0 aliphatic heterocycles. The maximum atomic E-state index is 5.59. The molecule has 0 aliphatic rings. The molecule has 3 N–H and O–H groups in total. The van der Waals surface area contributed by atoms with Gasteiger partial charge in [-0.2, -0.15) is 0 Å². The first-order valence-electron chi connectivity index (χ1n) is 5.17. The molecule has 0 saturated heterocycles. The maximum Gasteiger partial charge on any atom is 0.0986 e. The van der Waals surface area contributed by atoms with Crippen LogP contribution in [-0.4, -0.2) is 19.0 Å². The first-order chi connectivity index (χ1) is 6.97. The predicted octanol–water partition coefficient (Wildman–Crippen LogP) is 1.64. The molecule has 0 radical (unpaired) electrons. The SMILES string of the molecule is Cc1cc(C)c(C(NN)N(C)C)c(C)c1. The van der Waals surface area contributed by atoms with E-state index in [9.17, 15) is 0 Å². The zero-order chi connectivity index (χ0) is 11.6. The monoisotopic (exact) mass is 207 g/mol. The number of nitrogens with zero attached hydrogens (tertiary/aromatic N) is 1. The van der Waals surface area contributed by atoms with Gasteiger partial charge in [0.25, 0.3) is 0 Å². The molecular formula is C12H21N3. The van der Waals surface area contributed by atoms with Crippen molar-refractivity contribution in [3.63, 3.8) is 0 Å². The van der Waals surface area contributed by atoms with Gasteiger partial charge in [0.05, 0.1) is 6.17 Å². The molecule has 0 bridgehead atoms. The molecule has 0 spiro atoms. The molecule has 0 aliphatic carbocycles. The summed E-state index contributed by atoms with van der Waals surface area (Å²) in [7, 11) is 4.03. The molecule has 1 aromatic rings. The Balaban J connectivity index is 3.23. The molecule has 1 unspecified atom stereocenters. The third kappa shape index (κ3) is 2.56. The maximum absolute atomic E-state index is 5.59. The van der Waals surface area contributed by atoms with Crippen LogP contribution in [0.3, 0.4) is 0 Å². The summed E-state index contributed by atoms with van der Waals surface area (Å²) in [5, 5.41) is 0. The van der Waals surface area contributed by atoms with Gasteiger partial charge in [-0.3, -0.25) is 10.7 Å². The first-order valence-corrected chi connectivity index (χ1v) is 5.17. The Labute approximate surface area is 92.2 Å². The highest BCUT2D eigenvalue weighted by Crippen LogP contribution is 2.24. The summed E-state index contributed by atoms with van der Waals surface area (Å²) in [6, 6.07) is 4.38. The molecule has 0 heterocycles. The number of rotatable bonds is 3. The van der Waals surface area contributed by atoms with Gasteiger partial charge in [-0.05, 0) is 51.6 Å². The van der Waals surface area contributed by atoms with Crippen LogP contribution in [0.4, 0.5) is 0 Å². The highest BCUT2D eigenvalue weighted by atomic mass is 15.4. The van der Waals surface area contributed by atoms with Crippen molar-refractivity contribution in [3.8, 4) is 0 Å². The largest absolute Gasteiger partial charge is 0.289 e. The topological polar surface area (TPSA) is 41.3 Å². The Morgan fingerprint density at radius 3 is 1.93 bits per heavy atom. The Hall–Kier alpha value is -0.900. The number of hydrazine groups is 1. The number of nitrogens with two attached hydrogens (primary N) is 1. The normalized spacial score (nSPS) is 13.3. The van der Waals surface area contributed by atoms with Gasteiger partial charge >= 0.3 is 0 Å². The number of hydrogen-bond donors (Lipinski definition) is 2. The van der Waals surface area contributed by atoms with E-state index in [2.05, 4.69) is 43.2 Å². The minimum atomic E-state index is 0.0746. The Kier molecular flexibility index (Phi) is 3.85. The summed E-state index contributed by atoms with van der Waals surface area (Å²) >= 11 is 0. The third-order valence-corrected chi connectivity index (χ3v) is 2.69. The smallest absolute Gasteiger partial charge is 0.0986 e. The average molecular weight is 207 g/mol. The Bertz CT molecular complexity index is 322. The molecule has 0 aromatic heterocycles. The predicted molar refractivity (Wildman–Crippen MR) is 64.4 cm³/mol. The molecule has 3 heteroatoms. The fourth-order valence-corrected chi connectivity index (χ4v) is 2.11. The molecule has 1 rings (SSSR count). The third-order valence-electron chi connectivity index (χ3n) is 2.69. The van der Waals surface area contributed by atoms with Crippen LogP contribution in [0.2, 0.25) is 0 Å². The fraction of sp³-hybridized carbons (Fsp3) is 0.500. The second-order valence-corrected chi connectivity index (χ2v) is 4.35. The summed E-state index contributed by atoms with van der Waals surface area (Å²) in [6.45, 7) is 6.37. The molecule has 0 fully saturated rings. The van der Waals surface area contributed by atoms with Crippen LogP contribution >= 0.6 is 0 Å². The fourth-order valence-electron chi connectivity index (χ4n) is 2.11. The van der Waals surface area contributed by atoms with Crippen LogP contribution in [-0.2, 0) is 0 Å². The van der Waals surface area contributed by atoms with Crippen LogP contribution in [0.1, 0.15) is 28.4 Å². The van der Waals surface area contributed by atoms with E-state index in [1.807, 2.05) is 14.1 Å². The second-order valence-electron chi connectivity index (χ2n) is 4.35. The van der Waals surface area contributed by atoms with E-state index in [0.29, 0.717) is 0 Å². The van der Waals surface area contributed by atoms with Crippen molar-refractivity contribution in [2.45, 2.75) is 26.9 Å². The number of hydrogen-bond acceptors (Lipinski definition) is 3. The van der Waals surface area contributed by atoms with Gasteiger partial charge in [0.2, 0.25) is 0 Å². The average Bonchev–Trinajstić information content (AvgIpc) is 2.09. The first kappa shape index (κ1) is 12.2. The van der Waals surface area contributed by atoms with Crippen LogP contribution < -0.4 is 11.3 Å². The van der Waals surface area contributed by atoms with Crippen molar-refractivity contribution in [2.24, 2.45) is 5.84 Å². The van der Waals surface area contributed by atoms with Gasteiger partial charge in [-0.1, -0.05) is 17.7 Å². The molecule has 3 nitrogen and oxygen atoms in total. The summed E-state index contributed by atoms with van der Waals surface area (Å²) in [6.07, 6.45) is 0.0746. The number of aryl methyl sites for hydroxylation is 3. The molecule has 0 amide bonds. The van der Waals surface area contributed by atoms with E-state index >= 15 is 0 Å². The molecule has 1 aromatic carbocycles. The lowest BCUT2D eigenvalue weighted by atomic mass is 9.97. The highest BCUT2D eigenvalue weighted by Gasteiger charge is 2.16. The van der Waals surface area contributed by atoms with Crippen molar-refractivity contribution in [2.75, 3.05) is 14.1 Å². The number of nitrogens with one attached hydrogen (secondary N) is 1.